The number of fused-ring (bicyclic) bond motifs is 1. The third kappa shape index (κ3) is 5.86. The summed E-state index contributed by atoms with van der Waals surface area (Å²) in [6.07, 6.45) is 4.11. The van der Waals surface area contributed by atoms with Crippen molar-refractivity contribution >= 4 is 10.8 Å². The maximum atomic E-state index is 11.0. The Morgan fingerprint density at radius 3 is 1.98 bits per heavy atom. The highest BCUT2D eigenvalue weighted by Crippen LogP contribution is 2.41. The first-order chi connectivity index (χ1) is 24.3. The Morgan fingerprint density at radius 1 is 0.540 bits per heavy atom. The zero-order valence-electron chi connectivity index (χ0n) is 28.4. The number of phenols is 1. The van der Waals surface area contributed by atoms with E-state index in [4.69, 9.17) is 9.97 Å². The van der Waals surface area contributed by atoms with Crippen molar-refractivity contribution in [2.45, 2.75) is 26.2 Å². The summed E-state index contributed by atoms with van der Waals surface area (Å²) in [7, 11) is 0. The number of aromatic nitrogens is 3. The van der Waals surface area contributed by atoms with Crippen LogP contribution in [0.3, 0.4) is 0 Å². The summed E-state index contributed by atoms with van der Waals surface area (Å²) >= 11 is 0. The van der Waals surface area contributed by atoms with Crippen LogP contribution in [-0.4, -0.2) is 19.6 Å². The van der Waals surface area contributed by atoms with Crippen LogP contribution in [0, 0.1) is 0 Å². The third-order valence-electron chi connectivity index (χ3n) is 9.34. The van der Waals surface area contributed by atoms with Crippen LogP contribution in [0.2, 0.25) is 0 Å². The lowest BCUT2D eigenvalue weighted by Crippen LogP contribution is -2.11. The zero-order chi connectivity index (χ0) is 34.2. The standard InChI is InChI=1S/C46H37N3O/c1-46(2,3)35-24-25-47-41(29-35)31-15-13-16-32(26-31)42-27-34(28-43(48-42)40-22-11-12-23-44(40)50)37-19-9-10-21-39(37)45-38-20-8-7-14-33(38)30-49(45)36-17-5-4-6-18-36/h4-30,50H,1-3H3. The predicted octanol–water partition coefficient (Wildman–Crippen LogP) is 11.8. The van der Waals surface area contributed by atoms with Gasteiger partial charge < -0.3 is 9.67 Å². The topological polar surface area (TPSA) is 50.9 Å². The minimum absolute atomic E-state index is 0.0108. The minimum Gasteiger partial charge on any atom is -0.507 e. The molecule has 0 aliphatic rings. The van der Waals surface area contributed by atoms with E-state index < -0.39 is 0 Å². The van der Waals surface area contributed by atoms with Gasteiger partial charge in [-0.05, 0) is 76.7 Å². The van der Waals surface area contributed by atoms with Gasteiger partial charge in [0.15, 0.2) is 0 Å². The van der Waals surface area contributed by atoms with Gasteiger partial charge in [-0.25, -0.2) is 4.98 Å². The molecule has 0 fully saturated rings. The average Bonchev–Trinajstić information content (AvgIpc) is 3.55. The molecule has 8 aromatic rings. The average molecular weight is 648 g/mol. The van der Waals surface area contributed by atoms with Crippen molar-refractivity contribution in [1.29, 1.82) is 0 Å². The molecule has 0 radical (unpaired) electrons. The van der Waals surface area contributed by atoms with Crippen molar-refractivity contribution in [2.24, 2.45) is 0 Å². The van der Waals surface area contributed by atoms with Crippen LogP contribution in [0.1, 0.15) is 26.3 Å². The van der Waals surface area contributed by atoms with Gasteiger partial charge in [-0.1, -0.05) is 118 Å². The number of rotatable bonds is 6. The molecule has 1 N–H and O–H groups in total. The van der Waals surface area contributed by atoms with Crippen molar-refractivity contribution in [3.63, 3.8) is 0 Å². The van der Waals surface area contributed by atoms with Crippen LogP contribution in [0.15, 0.2) is 164 Å². The van der Waals surface area contributed by atoms with Crippen LogP contribution in [0.5, 0.6) is 5.75 Å². The number of pyridine rings is 2. The van der Waals surface area contributed by atoms with Gasteiger partial charge in [0, 0.05) is 51.1 Å². The molecule has 0 saturated heterocycles. The molecule has 242 valence electrons. The zero-order valence-corrected chi connectivity index (χ0v) is 28.4. The van der Waals surface area contributed by atoms with Crippen molar-refractivity contribution in [3.05, 3.63) is 170 Å². The Hall–Kier alpha value is -6.26. The van der Waals surface area contributed by atoms with Gasteiger partial charge >= 0.3 is 0 Å². The first-order valence-electron chi connectivity index (χ1n) is 17.0. The summed E-state index contributed by atoms with van der Waals surface area (Å²) in [6.45, 7) is 6.65. The summed E-state index contributed by atoms with van der Waals surface area (Å²) in [5.74, 6) is 0.192. The second kappa shape index (κ2) is 12.6. The largest absolute Gasteiger partial charge is 0.507 e. The van der Waals surface area contributed by atoms with E-state index in [1.807, 2.05) is 30.5 Å². The van der Waals surface area contributed by atoms with Crippen LogP contribution in [-0.2, 0) is 5.41 Å². The molecule has 3 heterocycles. The fraction of sp³-hybridized carbons (Fsp3) is 0.0870. The number of benzene rings is 5. The molecule has 3 aromatic heterocycles. The summed E-state index contributed by atoms with van der Waals surface area (Å²) in [5, 5.41) is 13.4. The Labute approximate surface area is 293 Å². The number of nitrogens with zero attached hydrogens (tertiary/aromatic N) is 3. The van der Waals surface area contributed by atoms with Gasteiger partial charge in [0.1, 0.15) is 5.75 Å². The molecular formula is C46H37N3O. The maximum Gasteiger partial charge on any atom is 0.124 e. The highest BCUT2D eigenvalue weighted by atomic mass is 16.3. The Kier molecular flexibility index (Phi) is 7.85. The van der Waals surface area contributed by atoms with E-state index >= 15 is 0 Å². The molecule has 0 bridgehead atoms. The molecule has 8 rings (SSSR count). The number of aromatic hydroxyl groups is 1. The molecule has 50 heavy (non-hydrogen) atoms. The van der Waals surface area contributed by atoms with Crippen LogP contribution in [0.25, 0.3) is 72.6 Å². The summed E-state index contributed by atoms with van der Waals surface area (Å²) < 4.78 is 2.29. The Balaban J connectivity index is 1.34. The molecule has 4 heteroatoms. The molecule has 0 spiro atoms. The van der Waals surface area contributed by atoms with Gasteiger partial charge in [0.25, 0.3) is 0 Å². The van der Waals surface area contributed by atoms with Crippen molar-refractivity contribution in [1.82, 2.24) is 14.5 Å². The smallest absolute Gasteiger partial charge is 0.124 e. The van der Waals surface area contributed by atoms with Gasteiger partial charge in [0.05, 0.1) is 22.8 Å². The highest BCUT2D eigenvalue weighted by Gasteiger charge is 2.20. The second-order valence-corrected chi connectivity index (χ2v) is 13.7. The van der Waals surface area contributed by atoms with E-state index in [1.165, 1.54) is 16.3 Å². The third-order valence-corrected chi connectivity index (χ3v) is 9.34. The maximum absolute atomic E-state index is 11.0. The van der Waals surface area contributed by atoms with Gasteiger partial charge in [-0.3, -0.25) is 4.98 Å². The minimum atomic E-state index is 0.0108. The lowest BCUT2D eigenvalue weighted by Gasteiger charge is -2.19. The molecule has 0 atom stereocenters. The van der Waals surface area contributed by atoms with Gasteiger partial charge in [-0.2, -0.15) is 0 Å². The number of para-hydroxylation sites is 2. The van der Waals surface area contributed by atoms with Crippen LogP contribution in [0.4, 0.5) is 0 Å². The first-order valence-corrected chi connectivity index (χ1v) is 17.0. The molecule has 0 unspecified atom stereocenters. The monoisotopic (exact) mass is 647 g/mol. The van der Waals surface area contributed by atoms with Crippen molar-refractivity contribution in [3.8, 4) is 67.6 Å². The lowest BCUT2D eigenvalue weighted by atomic mass is 9.87. The molecule has 5 aromatic carbocycles. The number of hydrogen-bond donors (Lipinski definition) is 1. The summed E-state index contributed by atoms with van der Waals surface area (Å²) in [5.41, 5.74) is 11.8. The number of hydrogen-bond acceptors (Lipinski definition) is 3. The van der Waals surface area contributed by atoms with Gasteiger partial charge in [-0.15, -0.1) is 0 Å². The fourth-order valence-corrected chi connectivity index (χ4v) is 6.72. The molecule has 0 aliphatic carbocycles. The van der Waals surface area contributed by atoms with E-state index in [9.17, 15) is 5.11 Å². The fourth-order valence-electron chi connectivity index (χ4n) is 6.72. The molecule has 0 aliphatic heterocycles. The quantitative estimate of drug-likeness (QED) is 0.195. The lowest BCUT2D eigenvalue weighted by molar-refractivity contribution is 0.477. The van der Waals surface area contributed by atoms with Gasteiger partial charge in [0.2, 0.25) is 0 Å². The van der Waals surface area contributed by atoms with E-state index in [-0.39, 0.29) is 11.2 Å². The second-order valence-electron chi connectivity index (χ2n) is 13.7. The van der Waals surface area contributed by atoms with E-state index in [0.29, 0.717) is 11.3 Å². The molecular weight excluding hydrogens is 611 g/mol. The van der Waals surface area contributed by atoms with E-state index in [0.717, 1.165) is 50.6 Å². The summed E-state index contributed by atoms with van der Waals surface area (Å²) in [6, 6.07) is 52.0. The molecule has 4 nitrogen and oxygen atoms in total. The van der Waals surface area contributed by atoms with Crippen LogP contribution >= 0.6 is 0 Å². The molecule has 0 amide bonds. The van der Waals surface area contributed by atoms with E-state index in [1.54, 1.807) is 6.07 Å². The predicted molar refractivity (Wildman–Crippen MR) is 206 cm³/mol. The Bertz CT molecular complexity index is 2490. The Morgan fingerprint density at radius 2 is 1.20 bits per heavy atom. The van der Waals surface area contributed by atoms with Crippen LogP contribution < -0.4 is 0 Å². The van der Waals surface area contributed by atoms with Crippen molar-refractivity contribution in [2.75, 3.05) is 0 Å². The SMILES string of the molecule is CC(C)(C)c1ccnc(-c2cccc(-c3cc(-c4ccccc4-c4c5ccccc5cn4-c4ccccc4)cc(-c4ccccc4O)n3)c2)c1. The van der Waals surface area contributed by atoms with Crippen molar-refractivity contribution < 1.29 is 5.11 Å². The first kappa shape index (κ1) is 31.0. The normalized spacial score (nSPS) is 11.6. The highest BCUT2D eigenvalue weighted by molar-refractivity contribution is 6.01. The van der Waals surface area contributed by atoms with E-state index in [2.05, 4.69) is 153 Å². The number of phenolic OH excluding ortho intramolecular Hbond substituents is 1. The summed E-state index contributed by atoms with van der Waals surface area (Å²) in [4.78, 5) is 9.92. The molecule has 0 saturated carbocycles.